The van der Waals surface area contributed by atoms with Gasteiger partial charge in [-0.25, -0.2) is 4.98 Å². The van der Waals surface area contributed by atoms with Gasteiger partial charge in [0.05, 0.1) is 10.7 Å². The number of nitrogens with zero attached hydrogens (tertiary/aromatic N) is 1. The number of hydrogen-bond acceptors (Lipinski definition) is 2. The van der Waals surface area contributed by atoms with E-state index in [1.165, 1.54) is 0 Å². The Morgan fingerprint density at radius 3 is 2.83 bits per heavy atom. The molecule has 0 aliphatic rings. The Kier molecular flexibility index (Phi) is 4.39. The number of aryl methyl sites for hydroxylation is 2. The standard InChI is InChI=1S/C14H18ClN3/c1-10-14(11-6-3-4-7-12(11)15)18-13(17-10)8-5-9-16-2/h3-4,6-7,16H,5,8-9H2,1-2H3,(H,17,18). The van der Waals surface area contributed by atoms with Crippen LogP contribution in [0.2, 0.25) is 5.02 Å². The minimum Gasteiger partial charge on any atom is -0.346 e. The fourth-order valence-electron chi connectivity index (χ4n) is 1.99. The molecule has 0 amide bonds. The van der Waals surface area contributed by atoms with E-state index in [1.54, 1.807) is 0 Å². The topological polar surface area (TPSA) is 40.7 Å². The third kappa shape index (κ3) is 2.92. The predicted octanol–water partition coefficient (Wildman–Crippen LogP) is 3.19. The van der Waals surface area contributed by atoms with Gasteiger partial charge in [-0.1, -0.05) is 29.8 Å². The molecule has 0 radical (unpaired) electrons. The molecule has 2 aromatic rings. The van der Waals surface area contributed by atoms with Crippen LogP contribution in [0.5, 0.6) is 0 Å². The smallest absolute Gasteiger partial charge is 0.107 e. The maximum Gasteiger partial charge on any atom is 0.107 e. The van der Waals surface area contributed by atoms with Gasteiger partial charge < -0.3 is 10.3 Å². The molecule has 0 fully saturated rings. The Labute approximate surface area is 113 Å². The van der Waals surface area contributed by atoms with E-state index in [2.05, 4.69) is 15.3 Å². The molecular formula is C14H18ClN3. The Morgan fingerprint density at radius 1 is 1.33 bits per heavy atom. The van der Waals surface area contributed by atoms with Crippen molar-refractivity contribution in [1.82, 2.24) is 15.3 Å². The molecule has 1 aromatic carbocycles. The summed E-state index contributed by atoms with van der Waals surface area (Å²) in [6.45, 7) is 3.04. The second-order valence-electron chi connectivity index (χ2n) is 4.34. The molecule has 2 rings (SSSR count). The molecule has 3 nitrogen and oxygen atoms in total. The molecule has 18 heavy (non-hydrogen) atoms. The van der Waals surface area contributed by atoms with Gasteiger partial charge >= 0.3 is 0 Å². The van der Waals surface area contributed by atoms with E-state index in [0.717, 1.165) is 47.2 Å². The zero-order valence-electron chi connectivity index (χ0n) is 10.8. The molecule has 1 heterocycles. The monoisotopic (exact) mass is 263 g/mol. The lowest BCUT2D eigenvalue weighted by atomic mass is 10.1. The minimum absolute atomic E-state index is 0.744. The minimum atomic E-state index is 0.744. The van der Waals surface area contributed by atoms with Crippen LogP contribution >= 0.6 is 11.6 Å². The summed E-state index contributed by atoms with van der Waals surface area (Å²) in [5, 5.41) is 3.88. The number of imidazole rings is 1. The summed E-state index contributed by atoms with van der Waals surface area (Å²) >= 11 is 6.20. The second-order valence-corrected chi connectivity index (χ2v) is 4.75. The lowest BCUT2D eigenvalue weighted by molar-refractivity contribution is 0.707. The summed E-state index contributed by atoms with van der Waals surface area (Å²) in [6, 6.07) is 7.81. The normalized spacial score (nSPS) is 10.8. The molecule has 0 saturated carbocycles. The number of aromatic nitrogens is 2. The summed E-state index contributed by atoms with van der Waals surface area (Å²) < 4.78 is 0. The highest BCUT2D eigenvalue weighted by molar-refractivity contribution is 6.33. The number of H-pyrrole nitrogens is 1. The Morgan fingerprint density at radius 2 is 2.11 bits per heavy atom. The van der Waals surface area contributed by atoms with E-state index < -0.39 is 0 Å². The first-order chi connectivity index (χ1) is 8.72. The van der Waals surface area contributed by atoms with Gasteiger partial charge in [-0.15, -0.1) is 0 Å². The first-order valence-electron chi connectivity index (χ1n) is 6.17. The molecule has 0 unspecified atom stereocenters. The highest BCUT2D eigenvalue weighted by Crippen LogP contribution is 2.28. The Bertz CT molecular complexity index is 520. The molecule has 2 N–H and O–H groups in total. The summed E-state index contributed by atoms with van der Waals surface area (Å²) in [5.41, 5.74) is 3.02. The molecule has 4 heteroatoms. The van der Waals surface area contributed by atoms with Gasteiger partial charge in [-0.2, -0.15) is 0 Å². The van der Waals surface area contributed by atoms with E-state index in [9.17, 15) is 0 Å². The first kappa shape index (κ1) is 13.1. The predicted molar refractivity (Wildman–Crippen MR) is 76.0 cm³/mol. The van der Waals surface area contributed by atoms with Gasteiger partial charge in [0.15, 0.2) is 0 Å². The van der Waals surface area contributed by atoms with E-state index in [1.807, 2.05) is 38.2 Å². The number of halogens is 1. The van der Waals surface area contributed by atoms with Crippen molar-refractivity contribution in [2.75, 3.05) is 13.6 Å². The Balaban J connectivity index is 2.22. The van der Waals surface area contributed by atoms with Crippen molar-refractivity contribution >= 4 is 11.6 Å². The lowest BCUT2D eigenvalue weighted by Gasteiger charge is -2.00. The van der Waals surface area contributed by atoms with Crippen LogP contribution in [0.1, 0.15) is 17.9 Å². The highest BCUT2D eigenvalue weighted by atomic mass is 35.5. The van der Waals surface area contributed by atoms with Gasteiger partial charge in [0.25, 0.3) is 0 Å². The van der Waals surface area contributed by atoms with Gasteiger partial charge in [0.1, 0.15) is 5.82 Å². The van der Waals surface area contributed by atoms with Gasteiger partial charge in [-0.05, 0) is 33.0 Å². The second kappa shape index (κ2) is 6.03. The van der Waals surface area contributed by atoms with Crippen LogP contribution in [-0.4, -0.2) is 23.6 Å². The van der Waals surface area contributed by atoms with Gasteiger partial charge in [0, 0.05) is 17.7 Å². The van der Waals surface area contributed by atoms with Crippen LogP contribution in [0.3, 0.4) is 0 Å². The van der Waals surface area contributed by atoms with Crippen LogP contribution in [0, 0.1) is 6.92 Å². The lowest BCUT2D eigenvalue weighted by Crippen LogP contribution is -2.08. The fourth-order valence-corrected chi connectivity index (χ4v) is 2.21. The summed E-state index contributed by atoms with van der Waals surface area (Å²) in [6.07, 6.45) is 2.03. The van der Waals surface area contributed by atoms with Crippen LogP contribution in [-0.2, 0) is 6.42 Å². The molecule has 0 bridgehead atoms. The van der Waals surface area contributed by atoms with Gasteiger partial charge in [0.2, 0.25) is 0 Å². The maximum atomic E-state index is 6.20. The van der Waals surface area contributed by atoms with E-state index in [4.69, 9.17) is 11.6 Å². The molecule has 0 saturated heterocycles. The number of aromatic amines is 1. The molecular weight excluding hydrogens is 246 g/mol. The molecule has 0 aliphatic carbocycles. The van der Waals surface area contributed by atoms with Crippen LogP contribution in [0.25, 0.3) is 11.3 Å². The van der Waals surface area contributed by atoms with E-state index >= 15 is 0 Å². The third-order valence-electron chi connectivity index (χ3n) is 2.90. The number of rotatable bonds is 5. The number of nitrogens with one attached hydrogen (secondary N) is 2. The average Bonchev–Trinajstić information content (AvgIpc) is 2.71. The van der Waals surface area contributed by atoms with Crippen molar-refractivity contribution in [3.63, 3.8) is 0 Å². The van der Waals surface area contributed by atoms with Crippen molar-refractivity contribution in [3.05, 3.63) is 40.8 Å². The molecule has 0 spiro atoms. The SMILES string of the molecule is CNCCCc1nc(-c2ccccc2Cl)c(C)[nH]1. The zero-order chi connectivity index (χ0) is 13.0. The van der Waals surface area contributed by atoms with E-state index in [-0.39, 0.29) is 0 Å². The van der Waals surface area contributed by atoms with Crippen LogP contribution in [0.4, 0.5) is 0 Å². The van der Waals surface area contributed by atoms with Crippen molar-refractivity contribution in [3.8, 4) is 11.3 Å². The van der Waals surface area contributed by atoms with Crippen molar-refractivity contribution in [2.45, 2.75) is 19.8 Å². The molecule has 0 atom stereocenters. The van der Waals surface area contributed by atoms with Crippen LogP contribution < -0.4 is 5.32 Å². The van der Waals surface area contributed by atoms with Gasteiger partial charge in [-0.3, -0.25) is 0 Å². The number of benzene rings is 1. The van der Waals surface area contributed by atoms with Crippen molar-refractivity contribution in [1.29, 1.82) is 0 Å². The zero-order valence-corrected chi connectivity index (χ0v) is 11.5. The molecule has 0 aliphatic heterocycles. The Hall–Kier alpha value is -1.32. The highest BCUT2D eigenvalue weighted by Gasteiger charge is 2.11. The first-order valence-corrected chi connectivity index (χ1v) is 6.55. The van der Waals surface area contributed by atoms with E-state index in [0.29, 0.717) is 0 Å². The fraction of sp³-hybridized carbons (Fsp3) is 0.357. The van der Waals surface area contributed by atoms with Crippen molar-refractivity contribution in [2.24, 2.45) is 0 Å². The van der Waals surface area contributed by atoms with Crippen molar-refractivity contribution < 1.29 is 0 Å². The van der Waals surface area contributed by atoms with Crippen LogP contribution in [0.15, 0.2) is 24.3 Å². The summed E-state index contributed by atoms with van der Waals surface area (Å²) in [4.78, 5) is 7.98. The summed E-state index contributed by atoms with van der Waals surface area (Å²) in [5.74, 6) is 1.03. The maximum absolute atomic E-state index is 6.20. The molecule has 1 aromatic heterocycles. The average molecular weight is 264 g/mol. The quantitative estimate of drug-likeness (QED) is 0.814. The third-order valence-corrected chi connectivity index (χ3v) is 3.23. The number of hydrogen-bond donors (Lipinski definition) is 2. The summed E-state index contributed by atoms with van der Waals surface area (Å²) in [7, 11) is 1.96. The molecule has 96 valence electrons. The largest absolute Gasteiger partial charge is 0.346 e.